The number of nitriles is 1. The second-order valence-electron chi connectivity index (χ2n) is 4.17. The fourth-order valence-electron chi connectivity index (χ4n) is 1.88. The second kappa shape index (κ2) is 5.24. The van der Waals surface area contributed by atoms with Crippen molar-refractivity contribution in [3.8, 4) is 6.07 Å². The molecule has 5 heteroatoms. The molecular weight excluding hydrogens is 250 g/mol. The minimum absolute atomic E-state index is 0.595. The van der Waals surface area contributed by atoms with E-state index >= 15 is 0 Å². The van der Waals surface area contributed by atoms with Crippen molar-refractivity contribution in [2.45, 2.75) is 0 Å². The van der Waals surface area contributed by atoms with Crippen LogP contribution in [0.4, 0.5) is 0 Å². The molecule has 4 rings (SSSR count). The second-order valence-corrected chi connectivity index (χ2v) is 4.17. The van der Waals surface area contributed by atoms with Crippen molar-refractivity contribution in [2.24, 2.45) is 0 Å². The summed E-state index contributed by atoms with van der Waals surface area (Å²) < 4.78 is 0. The number of H-pyrrole nitrogens is 2. The van der Waals surface area contributed by atoms with E-state index in [9.17, 15) is 0 Å². The molecule has 96 valence electrons. The van der Waals surface area contributed by atoms with Crippen LogP contribution in [0.1, 0.15) is 5.56 Å². The minimum Gasteiger partial charge on any atom is -0.346 e. The summed E-state index contributed by atoms with van der Waals surface area (Å²) in [5, 5.41) is 10.7. The van der Waals surface area contributed by atoms with E-state index in [1.807, 2.05) is 36.5 Å². The first kappa shape index (κ1) is 11.9. The fourth-order valence-corrected chi connectivity index (χ4v) is 1.88. The summed E-state index contributed by atoms with van der Waals surface area (Å²) in [6.45, 7) is 0. The molecule has 0 saturated heterocycles. The first-order valence-electron chi connectivity index (χ1n) is 6.08. The molecule has 0 aliphatic rings. The van der Waals surface area contributed by atoms with Crippen LogP contribution in [0.15, 0.2) is 55.1 Å². The summed E-state index contributed by atoms with van der Waals surface area (Å²) >= 11 is 0. The molecule has 5 nitrogen and oxygen atoms in total. The first-order valence-corrected chi connectivity index (χ1v) is 6.08. The normalized spacial score (nSPS) is 9.95. The Morgan fingerprint density at radius 2 is 1.70 bits per heavy atom. The molecule has 0 spiro atoms. The van der Waals surface area contributed by atoms with E-state index in [-0.39, 0.29) is 0 Å². The number of nitrogens with one attached hydrogen (secondary N) is 2. The van der Waals surface area contributed by atoms with Crippen LogP contribution >= 0.6 is 0 Å². The molecule has 0 bridgehead atoms. The zero-order valence-electron chi connectivity index (χ0n) is 10.5. The van der Waals surface area contributed by atoms with Gasteiger partial charge in [0, 0.05) is 35.6 Å². The Labute approximate surface area is 114 Å². The lowest BCUT2D eigenvalue weighted by Gasteiger charge is -1.87. The number of nitrogens with zero attached hydrogens (tertiary/aromatic N) is 3. The first-order chi connectivity index (χ1) is 9.86. The van der Waals surface area contributed by atoms with Crippen LogP contribution in [0.25, 0.3) is 22.1 Å². The van der Waals surface area contributed by atoms with E-state index in [1.165, 1.54) is 0 Å². The molecule has 0 fully saturated rings. The molecule has 4 aromatic heterocycles. The lowest BCUT2D eigenvalue weighted by molar-refractivity contribution is 1.31. The van der Waals surface area contributed by atoms with Gasteiger partial charge in [0.1, 0.15) is 17.4 Å². The third kappa shape index (κ3) is 2.35. The summed E-state index contributed by atoms with van der Waals surface area (Å²) in [6, 6.07) is 11.7. The third-order valence-corrected chi connectivity index (χ3v) is 2.85. The summed E-state index contributed by atoms with van der Waals surface area (Å²) in [5.41, 5.74) is 2.37. The molecule has 0 radical (unpaired) electrons. The number of fused-ring (bicyclic) bond motifs is 2. The van der Waals surface area contributed by atoms with Crippen molar-refractivity contribution in [1.82, 2.24) is 19.9 Å². The van der Waals surface area contributed by atoms with Crippen molar-refractivity contribution in [3.63, 3.8) is 0 Å². The molecule has 0 saturated carbocycles. The maximum atomic E-state index is 8.53. The van der Waals surface area contributed by atoms with E-state index in [0.717, 1.165) is 22.1 Å². The molecule has 0 unspecified atom stereocenters. The highest BCUT2D eigenvalue weighted by Crippen LogP contribution is 2.09. The van der Waals surface area contributed by atoms with Gasteiger partial charge in [0.25, 0.3) is 0 Å². The highest BCUT2D eigenvalue weighted by Gasteiger charge is 1.95. The number of aromatic amines is 2. The van der Waals surface area contributed by atoms with Crippen LogP contribution in [0.3, 0.4) is 0 Å². The highest BCUT2D eigenvalue weighted by molar-refractivity contribution is 5.76. The van der Waals surface area contributed by atoms with Crippen LogP contribution in [0, 0.1) is 11.3 Å². The number of hydrogen-bond donors (Lipinski definition) is 2. The summed E-state index contributed by atoms with van der Waals surface area (Å²) in [5.74, 6) is 0. The van der Waals surface area contributed by atoms with Gasteiger partial charge in [-0.3, -0.25) is 0 Å². The molecule has 0 amide bonds. The van der Waals surface area contributed by atoms with Crippen molar-refractivity contribution < 1.29 is 0 Å². The van der Waals surface area contributed by atoms with Gasteiger partial charge in [0.2, 0.25) is 0 Å². The lowest BCUT2D eigenvalue weighted by Crippen LogP contribution is -1.78. The SMILES string of the molecule is N#Cc1cnc2[nH]ccc2c1.c1cnc2[nH]ccc2c1. The number of rotatable bonds is 0. The monoisotopic (exact) mass is 261 g/mol. The average molecular weight is 261 g/mol. The van der Waals surface area contributed by atoms with E-state index in [1.54, 1.807) is 24.7 Å². The van der Waals surface area contributed by atoms with Gasteiger partial charge in [-0.15, -0.1) is 0 Å². The molecule has 4 heterocycles. The van der Waals surface area contributed by atoms with Crippen LogP contribution in [-0.4, -0.2) is 19.9 Å². The van der Waals surface area contributed by atoms with Gasteiger partial charge < -0.3 is 9.97 Å². The Morgan fingerprint density at radius 3 is 2.45 bits per heavy atom. The Balaban J connectivity index is 0.000000123. The largest absolute Gasteiger partial charge is 0.346 e. The van der Waals surface area contributed by atoms with Crippen LogP contribution in [0.5, 0.6) is 0 Å². The molecule has 0 aromatic carbocycles. The zero-order chi connectivity index (χ0) is 13.8. The minimum atomic E-state index is 0.595. The molecular formula is C15H11N5. The Hall–Kier alpha value is -3.13. The molecule has 0 atom stereocenters. The summed E-state index contributed by atoms with van der Waals surface area (Å²) in [6.07, 6.45) is 7.02. The van der Waals surface area contributed by atoms with Gasteiger partial charge in [-0.2, -0.15) is 5.26 Å². The zero-order valence-corrected chi connectivity index (χ0v) is 10.5. The fraction of sp³-hybridized carbons (Fsp3) is 0. The molecule has 20 heavy (non-hydrogen) atoms. The Morgan fingerprint density at radius 1 is 0.950 bits per heavy atom. The van der Waals surface area contributed by atoms with Crippen molar-refractivity contribution in [2.75, 3.05) is 0 Å². The maximum Gasteiger partial charge on any atom is 0.137 e. The van der Waals surface area contributed by atoms with Crippen molar-refractivity contribution in [3.05, 3.63) is 60.7 Å². The van der Waals surface area contributed by atoms with Crippen LogP contribution in [-0.2, 0) is 0 Å². The van der Waals surface area contributed by atoms with Gasteiger partial charge >= 0.3 is 0 Å². The predicted octanol–water partition coefficient (Wildman–Crippen LogP) is 3.00. The summed E-state index contributed by atoms with van der Waals surface area (Å²) in [4.78, 5) is 14.1. The van der Waals surface area contributed by atoms with Gasteiger partial charge in [0.05, 0.1) is 5.56 Å². The molecule has 4 aromatic rings. The van der Waals surface area contributed by atoms with E-state index in [4.69, 9.17) is 5.26 Å². The number of pyridine rings is 2. The number of hydrogen-bond acceptors (Lipinski definition) is 3. The summed E-state index contributed by atoms with van der Waals surface area (Å²) in [7, 11) is 0. The van der Waals surface area contributed by atoms with Crippen LogP contribution < -0.4 is 0 Å². The standard InChI is InChI=1S/C8H5N3.C7H6N2/c9-4-6-3-7-1-2-10-8(7)11-5-6;1-2-6-3-5-9-7(6)8-4-1/h1-3,5H,(H,10,11);1-5H,(H,8,9). The van der Waals surface area contributed by atoms with Gasteiger partial charge in [0.15, 0.2) is 0 Å². The Bertz CT molecular complexity index is 851. The van der Waals surface area contributed by atoms with Crippen molar-refractivity contribution >= 4 is 22.1 Å². The topological polar surface area (TPSA) is 81.2 Å². The molecule has 2 N–H and O–H groups in total. The quantitative estimate of drug-likeness (QED) is 0.510. The molecule has 0 aliphatic carbocycles. The van der Waals surface area contributed by atoms with E-state index in [2.05, 4.69) is 19.9 Å². The van der Waals surface area contributed by atoms with Gasteiger partial charge in [-0.25, -0.2) is 9.97 Å². The van der Waals surface area contributed by atoms with E-state index < -0.39 is 0 Å². The van der Waals surface area contributed by atoms with Crippen LogP contribution in [0.2, 0.25) is 0 Å². The van der Waals surface area contributed by atoms with Gasteiger partial charge in [-0.1, -0.05) is 0 Å². The smallest absolute Gasteiger partial charge is 0.137 e. The Kier molecular flexibility index (Phi) is 3.13. The molecule has 0 aliphatic heterocycles. The predicted molar refractivity (Wildman–Crippen MR) is 76.9 cm³/mol. The van der Waals surface area contributed by atoms with E-state index in [0.29, 0.717) is 5.56 Å². The number of aromatic nitrogens is 4. The van der Waals surface area contributed by atoms with Gasteiger partial charge in [-0.05, 0) is 30.3 Å². The van der Waals surface area contributed by atoms with Crippen molar-refractivity contribution in [1.29, 1.82) is 5.26 Å². The lowest BCUT2D eigenvalue weighted by atomic mass is 10.2. The highest BCUT2D eigenvalue weighted by atomic mass is 14.8. The average Bonchev–Trinajstić information content (AvgIpc) is 3.15. The maximum absolute atomic E-state index is 8.53. The third-order valence-electron chi connectivity index (χ3n) is 2.85.